The second-order valence-electron chi connectivity index (χ2n) is 7.16. The summed E-state index contributed by atoms with van der Waals surface area (Å²) in [5.41, 5.74) is 5.91. The maximum atomic E-state index is 3.96. The first kappa shape index (κ1) is 15.2. The van der Waals surface area contributed by atoms with Crippen LogP contribution in [0.4, 0.5) is 0 Å². The van der Waals surface area contributed by atoms with E-state index in [9.17, 15) is 0 Å². The Kier molecular flexibility index (Phi) is 3.76. The van der Waals surface area contributed by atoms with Crippen LogP contribution in [0.3, 0.4) is 0 Å². The molecular formula is C24H24. The summed E-state index contributed by atoms with van der Waals surface area (Å²) >= 11 is 0. The van der Waals surface area contributed by atoms with Gasteiger partial charge < -0.3 is 0 Å². The molecule has 2 unspecified atom stereocenters. The maximum Gasteiger partial charge on any atom is 0.0208 e. The van der Waals surface area contributed by atoms with Crippen molar-refractivity contribution in [3.63, 3.8) is 0 Å². The van der Waals surface area contributed by atoms with Crippen molar-refractivity contribution in [3.8, 4) is 0 Å². The lowest BCUT2D eigenvalue weighted by Crippen LogP contribution is -2.23. The maximum absolute atomic E-state index is 3.96. The largest absolute Gasteiger partial charge is 0.103 e. The van der Waals surface area contributed by atoms with Crippen molar-refractivity contribution in [2.24, 2.45) is 17.3 Å². The quantitative estimate of drug-likeness (QED) is 0.532. The summed E-state index contributed by atoms with van der Waals surface area (Å²) in [6, 6.07) is 0. The summed E-state index contributed by atoms with van der Waals surface area (Å²) in [4.78, 5) is 0. The minimum absolute atomic E-state index is 0.0282. The Morgan fingerprint density at radius 2 is 1.38 bits per heavy atom. The minimum Gasteiger partial charge on any atom is -0.103 e. The topological polar surface area (TPSA) is 0 Å². The van der Waals surface area contributed by atoms with Crippen molar-refractivity contribution in [2.45, 2.75) is 19.8 Å². The van der Waals surface area contributed by atoms with Gasteiger partial charge in [0.2, 0.25) is 0 Å². The van der Waals surface area contributed by atoms with Gasteiger partial charge >= 0.3 is 0 Å². The zero-order valence-corrected chi connectivity index (χ0v) is 14.3. The van der Waals surface area contributed by atoms with Gasteiger partial charge in [0.15, 0.2) is 0 Å². The fourth-order valence-electron chi connectivity index (χ4n) is 4.39. The highest BCUT2D eigenvalue weighted by molar-refractivity contribution is 5.59. The van der Waals surface area contributed by atoms with Crippen LogP contribution >= 0.6 is 0 Å². The highest BCUT2D eigenvalue weighted by atomic mass is 14.4. The van der Waals surface area contributed by atoms with Crippen LogP contribution < -0.4 is 0 Å². The average Bonchev–Trinajstić information content (AvgIpc) is 3.24. The lowest BCUT2D eigenvalue weighted by Gasteiger charge is -2.34. The number of fused-ring (bicyclic) bond motifs is 2. The summed E-state index contributed by atoms with van der Waals surface area (Å²) < 4.78 is 0. The SMILES string of the molecule is C=CCCC(C)(C1=C2C=CC=CC2C=C1)C1=C2C=CC=CC2C=C1. The van der Waals surface area contributed by atoms with E-state index in [1.54, 1.807) is 0 Å². The van der Waals surface area contributed by atoms with Gasteiger partial charge in [-0.1, -0.05) is 85.9 Å². The molecule has 24 heavy (non-hydrogen) atoms. The molecule has 4 aliphatic carbocycles. The average molecular weight is 312 g/mol. The zero-order chi connectivity index (χ0) is 16.6. The molecule has 0 bridgehead atoms. The summed E-state index contributed by atoms with van der Waals surface area (Å²) in [6.45, 7) is 6.38. The van der Waals surface area contributed by atoms with Crippen LogP contribution in [0, 0.1) is 17.3 Å². The summed E-state index contributed by atoms with van der Waals surface area (Å²) in [7, 11) is 0. The normalized spacial score (nSPS) is 28.5. The molecule has 0 heteroatoms. The zero-order valence-electron chi connectivity index (χ0n) is 14.3. The third-order valence-electron chi connectivity index (χ3n) is 5.73. The Hall–Kier alpha value is -2.34. The number of hydrogen-bond donors (Lipinski definition) is 0. The molecule has 4 rings (SSSR count). The Morgan fingerprint density at radius 1 is 0.833 bits per heavy atom. The lowest BCUT2D eigenvalue weighted by atomic mass is 9.69. The van der Waals surface area contributed by atoms with E-state index >= 15 is 0 Å². The fraction of sp³-hybridized carbons (Fsp3) is 0.250. The van der Waals surface area contributed by atoms with Gasteiger partial charge in [0.05, 0.1) is 0 Å². The molecule has 0 nitrogen and oxygen atoms in total. The van der Waals surface area contributed by atoms with Gasteiger partial charge in [0.25, 0.3) is 0 Å². The standard InChI is InChI=1S/C24H24/c1-3-4-17-24(2,22-15-13-18-9-5-7-11-20(18)22)23-16-14-19-10-6-8-12-21(19)23/h3,5-16,18-19H,1,4,17H2,2H3. The van der Waals surface area contributed by atoms with Crippen molar-refractivity contribution < 1.29 is 0 Å². The van der Waals surface area contributed by atoms with Gasteiger partial charge in [-0.25, -0.2) is 0 Å². The molecule has 0 aromatic rings. The smallest absolute Gasteiger partial charge is 0.0208 e. The Balaban J connectivity index is 1.84. The second kappa shape index (κ2) is 5.94. The molecule has 0 radical (unpaired) electrons. The van der Waals surface area contributed by atoms with Gasteiger partial charge in [0.1, 0.15) is 0 Å². The van der Waals surface area contributed by atoms with Gasteiger partial charge in [0, 0.05) is 17.3 Å². The molecule has 0 fully saturated rings. The highest BCUT2D eigenvalue weighted by Gasteiger charge is 2.38. The van der Waals surface area contributed by atoms with E-state index in [2.05, 4.69) is 86.4 Å². The van der Waals surface area contributed by atoms with Crippen LogP contribution in [-0.4, -0.2) is 0 Å². The Bertz CT molecular complexity index is 739. The van der Waals surface area contributed by atoms with Crippen LogP contribution in [0.1, 0.15) is 19.8 Å². The van der Waals surface area contributed by atoms with Crippen molar-refractivity contribution in [3.05, 3.63) is 108 Å². The molecule has 120 valence electrons. The molecule has 0 aliphatic heterocycles. The number of allylic oxidation sites excluding steroid dienone is 17. The predicted molar refractivity (Wildman–Crippen MR) is 103 cm³/mol. The van der Waals surface area contributed by atoms with E-state index in [1.807, 2.05) is 6.08 Å². The third-order valence-corrected chi connectivity index (χ3v) is 5.73. The lowest BCUT2D eigenvalue weighted by molar-refractivity contribution is 0.457. The van der Waals surface area contributed by atoms with Crippen molar-refractivity contribution in [2.75, 3.05) is 0 Å². The van der Waals surface area contributed by atoms with Gasteiger partial charge in [-0.2, -0.15) is 0 Å². The van der Waals surface area contributed by atoms with E-state index in [-0.39, 0.29) is 5.41 Å². The van der Waals surface area contributed by atoms with Crippen LogP contribution in [0.25, 0.3) is 0 Å². The molecule has 0 amide bonds. The second-order valence-corrected chi connectivity index (χ2v) is 7.16. The van der Waals surface area contributed by atoms with E-state index < -0.39 is 0 Å². The number of rotatable bonds is 5. The van der Waals surface area contributed by atoms with Crippen molar-refractivity contribution in [1.82, 2.24) is 0 Å². The molecule has 2 atom stereocenters. The van der Waals surface area contributed by atoms with Crippen molar-refractivity contribution >= 4 is 0 Å². The van der Waals surface area contributed by atoms with Crippen LogP contribution in [0.5, 0.6) is 0 Å². The van der Waals surface area contributed by atoms with Gasteiger partial charge in [-0.05, 0) is 35.1 Å². The molecule has 0 saturated heterocycles. The van der Waals surface area contributed by atoms with E-state index in [0.717, 1.165) is 12.8 Å². The number of hydrogen-bond acceptors (Lipinski definition) is 0. The van der Waals surface area contributed by atoms with E-state index in [4.69, 9.17) is 0 Å². The van der Waals surface area contributed by atoms with Gasteiger partial charge in [-0.3, -0.25) is 0 Å². The molecule has 0 heterocycles. The summed E-state index contributed by atoms with van der Waals surface area (Å²) in [5, 5.41) is 0. The van der Waals surface area contributed by atoms with Crippen molar-refractivity contribution in [1.29, 1.82) is 0 Å². The van der Waals surface area contributed by atoms with E-state index in [1.165, 1.54) is 22.3 Å². The Labute approximate surface area is 145 Å². The molecular weight excluding hydrogens is 288 g/mol. The molecule has 0 saturated carbocycles. The monoisotopic (exact) mass is 312 g/mol. The molecule has 0 spiro atoms. The van der Waals surface area contributed by atoms with Crippen LogP contribution in [0.15, 0.2) is 108 Å². The molecule has 0 aromatic carbocycles. The third kappa shape index (κ3) is 2.29. The molecule has 4 aliphatic rings. The highest BCUT2D eigenvalue weighted by Crippen LogP contribution is 2.51. The Morgan fingerprint density at radius 3 is 1.88 bits per heavy atom. The van der Waals surface area contributed by atoms with Crippen LogP contribution in [-0.2, 0) is 0 Å². The van der Waals surface area contributed by atoms with Crippen LogP contribution in [0.2, 0.25) is 0 Å². The first-order valence-electron chi connectivity index (χ1n) is 8.90. The minimum atomic E-state index is 0.0282. The summed E-state index contributed by atoms with van der Waals surface area (Å²) in [6.07, 6.45) is 31.4. The first-order valence-corrected chi connectivity index (χ1v) is 8.90. The first-order chi connectivity index (χ1) is 11.7. The predicted octanol–water partition coefficient (Wildman–Crippen LogP) is 6.18. The van der Waals surface area contributed by atoms with E-state index in [0.29, 0.717) is 11.8 Å². The summed E-state index contributed by atoms with van der Waals surface area (Å²) in [5.74, 6) is 0.892. The van der Waals surface area contributed by atoms with Gasteiger partial charge in [-0.15, -0.1) is 6.58 Å². The molecule has 0 N–H and O–H groups in total. The molecule has 0 aromatic heterocycles. The fourth-order valence-corrected chi connectivity index (χ4v) is 4.39.